The van der Waals surface area contributed by atoms with E-state index in [-0.39, 0.29) is 0 Å². The van der Waals surface area contributed by atoms with Gasteiger partial charge in [0.2, 0.25) is 0 Å². The highest BCUT2D eigenvalue weighted by Gasteiger charge is 2.04. The second-order valence-electron chi connectivity index (χ2n) is 4.66. The second kappa shape index (κ2) is 6.05. The molecule has 3 rings (SSSR count). The standard InChI is InChI=1S/C15H14BrN5/c1-21-10-19-20-15(21)11-2-5-13(6-3-11)18-9-14-7-4-12(16)8-17-14/h2-8,10,18H,9H2,1H3. The Morgan fingerprint density at radius 2 is 1.95 bits per heavy atom. The fourth-order valence-electron chi connectivity index (χ4n) is 1.99. The Bertz CT molecular complexity index is 719. The third-order valence-electron chi connectivity index (χ3n) is 3.12. The molecule has 0 saturated carbocycles. The lowest BCUT2D eigenvalue weighted by Gasteiger charge is -2.07. The van der Waals surface area contributed by atoms with Crippen molar-refractivity contribution in [3.05, 3.63) is 59.1 Å². The molecule has 2 aromatic heterocycles. The third-order valence-corrected chi connectivity index (χ3v) is 3.59. The van der Waals surface area contributed by atoms with Gasteiger partial charge in [0, 0.05) is 29.0 Å². The molecule has 0 bridgehead atoms. The van der Waals surface area contributed by atoms with Crippen molar-refractivity contribution in [3.8, 4) is 11.4 Å². The zero-order valence-electron chi connectivity index (χ0n) is 11.5. The topological polar surface area (TPSA) is 55.6 Å². The average Bonchev–Trinajstić information content (AvgIpc) is 2.93. The van der Waals surface area contributed by atoms with E-state index in [0.717, 1.165) is 27.2 Å². The predicted molar refractivity (Wildman–Crippen MR) is 85.7 cm³/mol. The fourth-order valence-corrected chi connectivity index (χ4v) is 2.22. The van der Waals surface area contributed by atoms with Crippen LogP contribution in [0.3, 0.4) is 0 Å². The van der Waals surface area contributed by atoms with Gasteiger partial charge in [-0.05, 0) is 52.3 Å². The molecule has 3 aromatic rings. The van der Waals surface area contributed by atoms with E-state index in [9.17, 15) is 0 Å². The van der Waals surface area contributed by atoms with Gasteiger partial charge in [0.1, 0.15) is 6.33 Å². The van der Waals surface area contributed by atoms with Crippen LogP contribution in [0.15, 0.2) is 53.4 Å². The minimum Gasteiger partial charge on any atom is -0.379 e. The largest absolute Gasteiger partial charge is 0.379 e. The molecule has 0 atom stereocenters. The molecule has 0 aliphatic heterocycles. The molecule has 0 fully saturated rings. The number of hydrogen-bond donors (Lipinski definition) is 1. The van der Waals surface area contributed by atoms with Crippen molar-refractivity contribution in [2.75, 3.05) is 5.32 Å². The zero-order chi connectivity index (χ0) is 14.7. The molecule has 106 valence electrons. The summed E-state index contributed by atoms with van der Waals surface area (Å²) in [7, 11) is 1.93. The summed E-state index contributed by atoms with van der Waals surface area (Å²) in [6.07, 6.45) is 3.49. The average molecular weight is 344 g/mol. The Morgan fingerprint density at radius 1 is 1.14 bits per heavy atom. The number of hydrogen-bond acceptors (Lipinski definition) is 4. The highest BCUT2D eigenvalue weighted by atomic mass is 79.9. The van der Waals surface area contributed by atoms with Crippen LogP contribution in [-0.2, 0) is 13.6 Å². The Balaban J connectivity index is 1.67. The van der Waals surface area contributed by atoms with Gasteiger partial charge in [-0.25, -0.2) is 0 Å². The lowest BCUT2D eigenvalue weighted by molar-refractivity contribution is 0.920. The summed E-state index contributed by atoms with van der Waals surface area (Å²) in [4.78, 5) is 4.33. The summed E-state index contributed by atoms with van der Waals surface area (Å²) in [5.41, 5.74) is 3.09. The number of aromatic nitrogens is 4. The molecule has 0 unspecified atom stereocenters. The molecule has 1 N–H and O–H groups in total. The van der Waals surface area contributed by atoms with Crippen LogP contribution in [0, 0.1) is 0 Å². The Morgan fingerprint density at radius 3 is 2.57 bits per heavy atom. The first-order valence-electron chi connectivity index (χ1n) is 6.51. The quantitative estimate of drug-likeness (QED) is 0.789. The molecule has 0 amide bonds. The molecule has 21 heavy (non-hydrogen) atoms. The smallest absolute Gasteiger partial charge is 0.163 e. The van der Waals surface area contributed by atoms with Crippen LogP contribution >= 0.6 is 15.9 Å². The van der Waals surface area contributed by atoms with Crippen molar-refractivity contribution >= 4 is 21.6 Å². The van der Waals surface area contributed by atoms with Crippen LogP contribution < -0.4 is 5.32 Å². The number of benzene rings is 1. The highest BCUT2D eigenvalue weighted by molar-refractivity contribution is 9.10. The number of rotatable bonds is 4. The minimum absolute atomic E-state index is 0.691. The third kappa shape index (κ3) is 3.28. The number of aryl methyl sites for hydroxylation is 1. The summed E-state index contributed by atoms with van der Waals surface area (Å²) in [6, 6.07) is 12.1. The Kier molecular flexibility index (Phi) is 3.96. The van der Waals surface area contributed by atoms with Crippen LogP contribution in [0.4, 0.5) is 5.69 Å². The van der Waals surface area contributed by atoms with Gasteiger partial charge in [0.05, 0.1) is 12.2 Å². The fraction of sp³-hybridized carbons (Fsp3) is 0.133. The highest BCUT2D eigenvalue weighted by Crippen LogP contribution is 2.19. The van der Waals surface area contributed by atoms with Gasteiger partial charge in [-0.3, -0.25) is 4.98 Å². The van der Waals surface area contributed by atoms with E-state index in [1.807, 2.05) is 48.0 Å². The maximum atomic E-state index is 4.33. The van der Waals surface area contributed by atoms with E-state index < -0.39 is 0 Å². The van der Waals surface area contributed by atoms with E-state index in [1.165, 1.54) is 0 Å². The van der Waals surface area contributed by atoms with E-state index in [4.69, 9.17) is 0 Å². The molecular weight excluding hydrogens is 330 g/mol. The number of anilines is 1. The second-order valence-corrected chi connectivity index (χ2v) is 5.58. The molecule has 2 heterocycles. The lowest BCUT2D eigenvalue weighted by Crippen LogP contribution is -2.01. The summed E-state index contributed by atoms with van der Waals surface area (Å²) >= 11 is 3.38. The molecule has 0 aliphatic rings. The minimum atomic E-state index is 0.691. The van der Waals surface area contributed by atoms with Crippen molar-refractivity contribution in [2.45, 2.75) is 6.54 Å². The van der Waals surface area contributed by atoms with Crippen LogP contribution in [0.25, 0.3) is 11.4 Å². The molecular formula is C15H14BrN5. The maximum Gasteiger partial charge on any atom is 0.163 e. The summed E-state index contributed by atoms with van der Waals surface area (Å²) in [5, 5.41) is 11.3. The predicted octanol–water partition coefficient (Wildman–Crippen LogP) is 3.25. The van der Waals surface area contributed by atoms with E-state index in [2.05, 4.69) is 36.4 Å². The van der Waals surface area contributed by atoms with E-state index in [0.29, 0.717) is 6.54 Å². The number of nitrogens with zero attached hydrogens (tertiary/aromatic N) is 4. The first-order valence-corrected chi connectivity index (χ1v) is 7.30. The maximum absolute atomic E-state index is 4.33. The SMILES string of the molecule is Cn1cnnc1-c1ccc(NCc2ccc(Br)cn2)cc1. The van der Waals surface area contributed by atoms with Crippen LogP contribution in [0.5, 0.6) is 0 Å². The summed E-state index contributed by atoms with van der Waals surface area (Å²) in [5.74, 6) is 0.858. The molecule has 5 nitrogen and oxygen atoms in total. The van der Waals surface area contributed by atoms with E-state index in [1.54, 1.807) is 12.5 Å². The Labute approximate surface area is 131 Å². The first-order chi connectivity index (χ1) is 10.2. The van der Waals surface area contributed by atoms with E-state index >= 15 is 0 Å². The van der Waals surface area contributed by atoms with Crippen LogP contribution in [-0.4, -0.2) is 19.7 Å². The molecule has 0 spiro atoms. The van der Waals surface area contributed by atoms with Crippen LogP contribution in [0.2, 0.25) is 0 Å². The van der Waals surface area contributed by atoms with Gasteiger partial charge in [-0.1, -0.05) is 0 Å². The molecule has 0 aliphatic carbocycles. The monoisotopic (exact) mass is 343 g/mol. The number of nitrogens with one attached hydrogen (secondary N) is 1. The van der Waals surface area contributed by atoms with Crippen molar-refractivity contribution in [2.24, 2.45) is 7.05 Å². The number of halogens is 1. The van der Waals surface area contributed by atoms with Crippen LogP contribution in [0.1, 0.15) is 5.69 Å². The molecule has 0 radical (unpaired) electrons. The van der Waals surface area contributed by atoms with Gasteiger partial charge in [-0.2, -0.15) is 0 Å². The Hall–Kier alpha value is -2.21. The van der Waals surface area contributed by atoms with Gasteiger partial charge in [0.25, 0.3) is 0 Å². The number of pyridine rings is 1. The molecule has 6 heteroatoms. The zero-order valence-corrected chi connectivity index (χ0v) is 13.1. The van der Waals surface area contributed by atoms with Gasteiger partial charge in [0.15, 0.2) is 5.82 Å². The summed E-state index contributed by atoms with van der Waals surface area (Å²) in [6.45, 7) is 0.691. The first kappa shape index (κ1) is 13.8. The van der Waals surface area contributed by atoms with Crippen molar-refractivity contribution < 1.29 is 0 Å². The normalized spacial score (nSPS) is 10.6. The van der Waals surface area contributed by atoms with Gasteiger partial charge in [-0.15, -0.1) is 10.2 Å². The van der Waals surface area contributed by atoms with Crippen molar-refractivity contribution in [1.29, 1.82) is 0 Å². The van der Waals surface area contributed by atoms with Crippen molar-refractivity contribution in [3.63, 3.8) is 0 Å². The molecule has 1 aromatic carbocycles. The molecule has 0 saturated heterocycles. The van der Waals surface area contributed by atoms with Crippen molar-refractivity contribution in [1.82, 2.24) is 19.7 Å². The summed E-state index contributed by atoms with van der Waals surface area (Å²) < 4.78 is 2.88. The van der Waals surface area contributed by atoms with Gasteiger partial charge >= 0.3 is 0 Å². The lowest BCUT2D eigenvalue weighted by atomic mass is 10.2. The van der Waals surface area contributed by atoms with Gasteiger partial charge < -0.3 is 9.88 Å².